The number of carbonyl (C=O) groups excluding carboxylic acids is 1. The Balaban J connectivity index is 1.98. The van der Waals surface area contributed by atoms with Gasteiger partial charge in [0.1, 0.15) is 5.75 Å². The molecule has 1 heterocycles. The van der Waals surface area contributed by atoms with Crippen molar-refractivity contribution in [1.82, 2.24) is 5.43 Å². The molecule has 6 heteroatoms. The van der Waals surface area contributed by atoms with E-state index in [1.165, 1.54) is 6.21 Å². The number of nitrogens with zero attached hydrogens (tertiary/aromatic N) is 1. The van der Waals surface area contributed by atoms with Crippen molar-refractivity contribution in [2.45, 2.75) is 19.8 Å². The largest absolute Gasteiger partial charge is 0.507 e. The van der Waals surface area contributed by atoms with E-state index in [1.807, 2.05) is 6.07 Å². The number of hydrogen-bond acceptors (Lipinski definition) is 4. The summed E-state index contributed by atoms with van der Waals surface area (Å²) in [6.45, 7) is 3.04. The standard InChI is InChI=1S/C14H17BrN2O3/c1-9-6-12(15)7-11(13(9)18)8-16-17-14(19)10-2-4-20-5-3-10/h6-8,10,18H,2-5H2,1H3,(H,17,19)/b16-8+. The van der Waals surface area contributed by atoms with E-state index in [4.69, 9.17) is 4.74 Å². The first-order valence-electron chi connectivity index (χ1n) is 6.47. The molecule has 0 saturated carbocycles. The number of rotatable bonds is 3. The Bertz CT molecular complexity index is 525. The molecule has 0 aliphatic carbocycles. The number of benzene rings is 1. The van der Waals surface area contributed by atoms with Gasteiger partial charge in [-0.1, -0.05) is 15.9 Å². The first kappa shape index (κ1) is 15.0. The molecule has 5 nitrogen and oxygen atoms in total. The van der Waals surface area contributed by atoms with Crippen molar-refractivity contribution >= 4 is 28.1 Å². The molecule has 0 bridgehead atoms. The topological polar surface area (TPSA) is 70.9 Å². The third-order valence-corrected chi connectivity index (χ3v) is 3.72. The molecular formula is C14H17BrN2O3. The van der Waals surface area contributed by atoms with Crippen LogP contribution in [0.25, 0.3) is 0 Å². The predicted octanol–water partition coefficient (Wildman–Crippen LogP) is 2.34. The van der Waals surface area contributed by atoms with E-state index in [1.54, 1.807) is 13.0 Å². The Hall–Kier alpha value is -1.40. The van der Waals surface area contributed by atoms with Gasteiger partial charge >= 0.3 is 0 Å². The average molecular weight is 341 g/mol. The lowest BCUT2D eigenvalue weighted by Crippen LogP contribution is -2.31. The minimum Gasteiger partial charge on any atom is -0.507 e. The van der Waals surface area contributed by atoms with E-state index in [0.29, 0.717) is 18.8 Å². The lowest BCUT2D eigenvalue weighted by molar-refractivity contribution is -0.127. The van der Waals surface area contributed by atoms with Crippen LogP contribution < -0.4 is 5.43 Å². The fourth-order valence-corrected chi connectivity index (χ4v) is 2.67. The highest BCUT2D eigenvalue weighted by molar-refractivity contribution is 9.10. The van der Waals surface area contributed by atoms with E-state index in [2.05, 4.69) is 26.5 Å². The number of aryl methyl sites for hydroxylation is 1. The molecule has 108 valence electrons. The first-order valence-corrected chi connectivity index (χ1v) is 7.27. The summed E-state index contributed by atoms with van der Waals surface area (Å²) >= 11 is 3.36. The van der Waals surface area contributed by atoms with Gasteiger partial charge in [0.15, 0.2) is 0 Å². The summed E-state index contributed by atoms with van der Waals surface area (Å²) in [5.74, 6) is 0.0202. The van der Waals surface area contributed by atoms with Crippen molar-refractivity contribution in [2.24, 2.45) is 11.0 Å². The molecule has 1 aromatic rings. The van der Waals surface area contributed by atoms with Crippen LogP contribution in [0.5, 0.6) is 5.75 Å². The van der Waals surface area contributed by atoms with E-state index >= 15 is 0 Å². The molecule has 2 rings (SSSR count). The summed E-state index contributed by atoms with van der Waals surface area (Å²) in [7, 11) is 0. The number of nitrogens with one attached hydrogen (secondary N) is 1. The van der Waals surface area contributed by atoms with Gasteiger partial charge in [-0.3, -0.25) is 4.79 Å². The van der Waals surface area contributed by atoms with Gasteiger partial charge < -0.3 is 9.84 Å². The minimum atomic E-state index is -0.101. The van der Waals surface area contributed by atoms with Gasteiger partial charge in [-0.05, 0) is 37.5 Å². The number of hydrazone groups is 1. The van der Waals surface area contributed by atoms with Gasteiger partial charge in [-0.25, -0.2) is 5.43 Å². The predicted molar refractivity (Wildman–Crippen MR) is 79.8 cm³/mol. The van der Waals surface area contributed by atoms with Crippen LogP contribution in [0.1, 0.15) is 24.0 Å². The number of amides is 1. The molecule has 1 saturated heterocycles. The molecule has 1 fully saturated rings. The summed E-state index contributed by atoms with van der Waals surface area (Å²) in [5.41, 5.74) is 3.82. The second-order valence-corrected chi connectivity index (χ2v) is 5.70. The number of phenolic OH excluding ortho intramolecular Hbond substituents is 1. The molecule has 1 aliphatic rings. The Morgan fingerprint density at radius 1 is 1.50 bits per heavy atom. The van der Waals surface area contributed by atoms with Gasteiger partial charge in [-0.15, -0.1) is 0 Å². The van der Waals surface area contributed by atoms with E-state index in [9.17, 15) is 9.90 Å². The third-order valence-electron chi connectivity index (χ3n) is 3.27. The summed E-state index contributed by atoms with van der Waals surface area (Å²) in [6, 6.07) is 3.56. The molecule has 0 aromatic heterocycles. The van der Waals surface area contributed by atoms with E-state index < -0.39 is 0 Å². The lowest BCUT2D eigenvalue weighted by Gasteiger charge is -2.19. The number of phenols is 1. The van der Waals surface area contributed by atoms with Crippen LogP contribution in [-0.4, -0.2) is 30.4 Å². The van der Waals surface area contributed by atoms with E-state index in [-0.39, 0.29) is 17.6 Å². The summed E-state index contributed by atoms with van der Waals surface area (Å²) in [5, 5.41) is 13.8. The Labute approximate surface area is 126 Å². The fourth-order valence-electron chi connectivity index (χ4n) is 2.08. The Morgan fingerprint density at radius 3 is 2.90 bits per heavy atom. The van der Waals surface area contributed by atoms with Crippen molar-refractivity contribution in [3.8, 4) is 5.75 Å². The second kappa shape index (κ2) is 6.85. The number of halogens is 1. The minimum absolute atomic E-state index is 0.0428. The maximum atomic E-state index is 11.9. The van der Waals surface area contributed by atoms with Gasteiger partial charge in [0, 0.05) is 29.2 Å². The molecule has 1 amide bonds. The van der Waals surface area contributed by atoms with Gasteiger partial charge in [-0.2, -0.15) is 5.10 Å². The van der Waals surface area contributed by atoms with Crippen LogP contribution in [0.4, 0.5) is 0 Å². The zero-order valence-corrected chi connectivity index (χ0v) is 12.8. The highest BCUT2D eigenvalue weighted by Gasteiger charge is 2.20. The summed E-state index contributed by atoms with van der Waals surface area (Å²) in [4.78, 5) is 11.9. The third kappa shape index (κ3) is 3.80. The number of aromatic hydroxyl groups is 1. The molecule has 0 atom stereocenters. The molecule has 1 aliphatic heterocycles. The average Bonchev–Trinajstić information content (AvgIpc) is 2.44. The van der Waals surface area contributed by atoms with Crippen LogP contribution in [-0.2, 0) is 9.53 Å². The molecule has 1 aromatic carbocycles. The summed E-state index contributed by atoms with van der Waals surface area (Å²) < 4.78 is 6.06. The SMILES string of the molecule is Cc1cc(Br)cc(/C=N/NC(=O)C2CCOCC2)c1O. The van der Waals surface area contributed by atoms with Crippen LogP contribution in [0.2, 0.25) is 0 Å². The highest BCUT2D eigenvalue weighted by atomic mass is 79.9. The quantitative estimate of drug-likeness (QED) is 0.655. The van der Waals surface area contributed by atoms with Gasteiger partial charge in [0.2, 0.25) is 5.91 Å². The highest BCUT2D eigenvalue weighted by Crippen LogP contribution is 2.25. The fraction of sp³-hybridized carbons (Fsp3) is 0.429. The van der Waals surface area contributed by atoms with Crippen molar-refractivity contribution in [2.75, 3.05) is 13.2 Å². The normalized spacial score (nSPS) is 16.5. The molecular weight excluding hydrogens is 324 g/mol. The maximum Gasteiger partial charge on any atom is 0.243 e. The monoisotopic (exact) mass is 340 g/mol. The molecule has 2 N–H and O–H groups in total. The first-order chi connectivity index (χ1) is 9.58. The Morgan fingerprint density at radius 2 is 2.20 bits per heavy atom. The van der Waals surface area contributed by atoms with Crippen molar-refractivity contribution in [3.63, 3.8) is 0 Å². The lowest BCUT2D eigenvalue weighted by atomic mass is 10.00. The smallest absolute Gasteiger partial charge is 0.243 e. The zero-order valence-electron chi connectivity index (χ0n) is 11.2. The number of hydrogen-bond donors (Lipinski definition) is 2. The number of ether oxygens (including phenoxy) is 1. The van der Waals surface area contributed by atoms with Crippen LogP contribution in [0.3, 0.4) is 0 Å². The molecule has 20 heavy (non-hydrogen) atoms. The van der Waals surface area contributed by atoms with Crippen LogP contribution >= 0.6 is 15.9 Å². The van der Waals surface area contributed by atoms with Crippen molar-refractivity contribution in [3.05, 3.63) is 27.7 Å². The van der Waals surface area contributed by atoms with Gasteiger partial charge in [0.25, 0.3) is 0 Å². The van der Waals surface area contributed by atoms with Crippen molar-refractivity contribution in [1.29, 1.82) is 0 Å². The van der Waals surface area contributed by atoms with E-state index in [0.717, 1.165) is 22.9 Å². The zero-order chi connectivity index (χ0) is 14.5. The van der Waals surface area contributed by atoms with Crippen LogP contribution in [0.15, 0.2) is 21.7 Å². The maximum absolute atomic E-state index is 11.9. The van der Waals surface area contributed by atoms with Crippen molar-refractivity contribution < 1.29 is 14.6 Å². The number of carbonyl (C=O) groups is 1. The second-order valence-electron chi connectivity index (χ2n) is 4.78. The van der Waals surface area contributed by atoms with Crippen LogP contribution in [0, 0.1) is 12.8 Å². The Kier molecular flexibility index (Phi) is 5.14. The molecule has 0 radical (unpaired) electrons. The molecule has 0 unspecified atom stereocenters. The van der Waals surface area contributed by atoms with Gasteiger partial charge in [0.05, 0.1) is 6.21 Å². The summed E-state index contributed by atoms with van der Waals surface area (Å²) in [6.07, 6.45) is 2.90. The molecule has 0 spiro atoms.